The van der Waals surface area contributed by atoms with Crippen molar-refractivity contribution in [3.05, 3.63) is 0 Å². The summed E-state index contributed by atoms with van der Waals surface area (Å²) in [4.78, 5) is 25.3. The van der Waals surface area contributed by atoms with Crippen LogP contribution in [0.3, 0.4) is 0 Å². The third-order valence-electron chi connectivity index (χ3n) is 2.68. The lowest BCUT2D eigenvalue weighted by Crippen LogP contribution is -2.53. The average Bonchev–Trinajstić information content (AvgIpc) is 2.21. The van der Waals surface area contributed by atoms with Gasteiger partial charge < -0.3 is 16.0 Å². The molecule has 2 amide bonds. The normalized spacial score (nSPS) is 13.3. The fraction of sp³-hybridized carbons (Fsp3) is 0.846. The van der Waals surface area contributed by atoms with Gasteiger partial charge in [-0.3, -0.25) is 9.59 Å². The number of carbonyl (C=O) groups excluding carboxylic acids is 2. The Morgan fingerprint density at radius 3 is 2.11 bits per heavy atom. The zero-order chi connectivity index (χ0) is 14.5. The second-order valence-electron chi connectivity index (χ2n) is 5.92. The van der Waals surface area contributed by atoms with Crippen LogP contribution in [0.1, 0.15) is 41.5 Å². The molecule has 0 fully saturated rings. The summed E-state index contributed by atoms with van der Waals surface area (Å²) >= 11 is 0. The molecule has 5 heteroatoms. The van der Waals surface area contributed by atoms with Gasteiger partial charge in [-0.25, -0.2) is 0 Å². The molecule has 0 aromatic heterocycles. The van der Waals surface area contributed by atoms with E-state index in [2.05, 4.69) is 5.32 Å². The van der Waals surface area contributed by atoms with E-state index in [4.69, 9.17) is 5.73 Å². The van der Waals surface area contributed by atoms with E-state index in [1.54, 1.807) is 0 Å². The number of nitrogens with one attached hydrogen (secondary N) is 1. The lowest BCUT2D eigenvalue weighted by molar-refractivity contribution is -0.138. The summed E-state index contributed by atoms with van der Waals surface area (Å²) in [6.07, 6.45) is 0. The van der Waals surface area contributed by atoms with Crippen LogP contribution in [0.2, 0.25) is 0 Å². The molecule has 106 valence electrons. The van der Waals surface area contributed by atoms with Crippen LogP contribution in [-0.2, 0) is 9.59 Å². The van der Waals surface area contributed by atoms with Gasteiger partial charge >= 0.3 is 0 Å². The first-order chi connectivity index (χ1) is 8.09. The minimum atomic E-state index is -0.593. The van der Waals surface area contributed by atoms with Crippen molar-refractivity contribution < 1.29 is 9.59 Å². The molecule has 18 heavy (non-hydrogen) atoms. The fourth-order valence-electron chi connectivity index (χ4n) is 1.45. The lowest BCUT2D eigenvalue weighted by atomic mass is 9.86. The van der Waals surface area contributed by atoms with Crippen LogP contribution in [0.5, 0.6) is 0 Å². The van der Waals surface area contributed by atoms with Crippen LogP contribution in [0.25, 0.3) is 0 Å². The average molecular weight is 257 g/mol. The van der Waals surface area contributed by atoms with E-state index in [-0.39, 0.29) is 29.8 Å². The SMILES string of the molecule is CCN(CC(=O)NC(C)C)C(=O)[C@H](N)C(C)(C)C. The van der Waals surface area contributed by atoms with E-state index in [1.807, 2.05) is 41.5 Å². The Morgan fingerprint density at radius 1 is 1.28 bits per heavy atom. The molecule has 0 heterocycles. The molecule has 0 spiro atoms. The van der Waals surface area contributed by atoms with Crippen molar-refractivity contribution >= 4 is 11.8 Å². The van der Waals surface area contributed by atoms with Gasteiger partial charge in [-0.1, -0.05) is 20.8 Å². The molecule has 0 aliphatic heterocycles. The maximum absolute atomic E-state index is 12.2. The maximum Gasteiger partial charge on any atom is 0.240 e. The van der Waals surface area contributed by atoms with Crippen LogP contribution in [0.4, 0.5) is 0 Å². The molecule has 0 aliphatic carbocycles. The lowest BCUT2D eigenvalue weighted by Gasteiger charge is -2.31. The molecule has 1 atom stereocenters. The number of nitrogens with two attached hydrogens (primary N) is 1. The van der Waals surface area contributed by atoms with Crippen molar-refractivity contribution in [2.75, 3.05) is 13.1 Å². The maximum atomic E-state index is 12.2. The van der Waals surface area contributed by atoms with Gasteiger partial charge in [-0.2, -0.15) is 0 Å². The van der Waals surface area contributed by atoms with Crippen molar-refractivity contribution in [3.8, 4) is 0 Å². The monoisotopic (exact) mass is 257 g/mol. The number of hydrogen-bond donors (Lipinski definition) is 2. The third kappa shape index (κ3) is 5.49. The Morgan fingerprint density at radius 2 is 1.78 bits per heavy atom. The van der Waals surface area contributed by atoms with Gasteiger partial charge in [-0.05, 0) is 26.2 Å². The highest BCUT2D eigenvalue weighted by molar-refractivity contribution is 5.87. The second-order valence-corrected chi connectivity index (χ2v) is 5.92. The Hall–Kier alpha value is -1.10. The Bertz CT molecular complexity index is 295. The van der Waals surface area contributed by atoms with Gasteiger partial charge in [0.05, 0.1) is 12.6 Å². The number of carbonyl (C=O) groups is 2. The molecule has 0 saturated carbocycles. The molecule has 0 bridgehead atoms. The summed E-state index contributed by atoms with van der Waals surface area (Å²) in [5.74, 6) is -0.329. The van der Waals surface area contributed by atoms with Gasteiger partial charge in [-0.15, -0.1) is 0 Å². The summed E-state index contributed by atoms with van der Waals surface area (Å²) < 4.78 is 0. The second kappa shape index (κ2) is 6.73. The summed E-state index contributed by atoms with van der Waals surface area (Å²) in [5, 5.41) is 2.77. The summed E-state index contributed by atoms with van der Waals surface area (Å²) in [6.45, 7) is 11.9. The van der Waals surface area contributed by atoms with Gasteiger partial charge in [0.2, 0.25) is 11.8 Å². The van der Waals surface area contributed by atoms with Gasteiger partial charge in [0.25, 0.3) is 0 Å². The summed E-state index contributed by atoms with van der Waals surface area (Å²) in [5.41, 5.74) is 5.62. The predicted molar refractivity (Wildman–Crippen MR) is 73.0 cm³/mol. The van der Waals surface area contributed by atoms with E-state index in [0.717, 1.165) is 0 Å². The molecule has 0 unspecified atom stereocenters. The van der Waals surface area contributed by atoms with Crippen LogP contribution in [0, 0.1) is 5.41 Å². The number of rotatable bonds is 5. The standard InChI is InChI=1S/C13H27N3O2/c1-7-16(8-10(17)15-9(2)3)12(18)11(14)13(4,5)6/h9,11H,7-8,14H2,1-6H3,(H,15,17)/t11-/m0/s1. The molecule has 5 nitrogen and oxygen atoms in total. The first kappa shape index (κ1) is 16.9. The first-order valence-electron chi connectivity index (χ1n) is 6.43. The largest absolute Gasteiger partial charge is 0.352 e. The number of amides is 2. The van der Waals surface area contributed by atoms with E-state index < -0.39 is 6.04 Å². The zero-order valence-electron chi connectivity index (χ0n) is 12.4. The number of likely N-dealkylation sites (N-methyl/N-ethyl adjacent to an activating group) is 1. The molecular weight excluding hydrogens is 230 g/mol. The molecule has 0 rings (SSSR count). The van der Waals surface area contributed by atoms with E-state index in [9.17, 15) is 9.59 Å². The summed E-state index contributed by atoms with van der Waals surface area (Å²) in [7, 11) is 0. The zero-order valence-corrected chi connectivity index (χ0v) is 12.4. The Kier molecular flexibility index (Phi) is 6.32. The van der Waals surface area contributed by atoms with Crippen LogP contribution in [-0.4, -0.2) is 41.9 Å². The predicted octanol–water partition coefficient (Wildman–Crippen LogP) is 0.733. The van der Waals surface area contributed by atoms with Crippen molar-refractivity contribution in [2.45, 2.75) is 53.6 Å². The smallest absolute Gasteiger partial charge is 0.240 e. The van der Waals surface area contributed by atoms with Crippen molar-refractivity contribution in [1.29, 1.82) is 0 Å². The highest BCUT2D eigenvalue weighted by atomic mass is 16.2. The number of nitrogens with zero attached hydrogens (tertiary/aromatic N) is 1. The van der Waals surface area contributed by atoms with Crippen molar-refractivity contribution in [3.63, 3.8) is 0 Å². The van der Waals surface area contributed by atoms with Crippen LogP contribution < -0.4 is 11.1 Å². The third-order valence-corrected chi connectivity index (χ3v) is 2.68. The molecule has 0 aliphatic rings. The number of hydrogen-bond acceptors (Lipinski definition) is 3. The molecule has 0 radical (unpaired) electrons. The minimum Gasteiger partial charge on any atom is -0.352 e. The van der Waals surface area contributed by atoms with Crippen molar-refractivity contribution in [2.24, 2.45) is 11.1 Å². The van der Waals surface area contributed by atoms with Crippen LogP contribution in [0.15, 0.2) is 0 Å². The Balaban J connectivity index is 4.59. The fourth-order valence-corrected chi connectivity index (χ4v) is 1.45. The molecule has 0 saturated heterocycles. The van der Waals surface area contributed by atoms with Gasteiger partial charge in [0.1, 0.15) is 0 Å². The van der Waals surface area contributed by atoms with Crippen LogP contribution >= 0.6 is 0 Å². The van der Waals surface area contributed by atoms with E-state index >= 15 is 0 Å². The van der Waals surface area contributed by atoms with Crippen molar-refractivity contribution in [1.82, 2.24) is 10.2 Å². The molecule has 3 N–H and O–H groups in total. The Labute approximate surface area is 110 Å². The highest BCUT2D eigenvalue weighted by Crippen LogP contribution is 2.18. The molecule has 0 aromatic rings. The quantitative estimate of drug-likeness (QED) is 0.762. The first-order valence-corrected chi connectivity index (χ1v) is 6.43. The van der Waals surface area contributed by atoms with E-state index in [0.29, 0.717) is 6.54 Å². The molecule has 0 aromatic carbocycles. The molecular formula is C13H27N3O2. The van der Waals surface area contributed by atoms with Gasteiger partial charge in [0, 0.05) is 12.6 Å². The van der Waals surface area contributed by atoms with E-state index in [1.165, 1.54) is 4.90 Å². The highest BCUT2D eigenvalue weighted by Gasteiger charge is 2.31. The minimum absolute atomic E-state index is 0.0668. The summed E-state index contributed by atoms with van der Waals surface area (Å²) in [6, 6.07) is -0.521. The van der Waals surface area contributed by atoms with Gasteiger partial charge in [0.15, 0.2) is 0 Å². The topological polar surface area (TPSA) is 75.4 Å².